The quantitative estimate of drug-likeness (QED) is 0.733. The minimum absolute atomic E-state index is 0.0618. The summed E-state index contributed by atoms with van der Waals surface area (Å²) in [7, 11) is 0. The molecular formula is C19H18ClN3O. The lowest BCUT2D eigenvalue weighted by Crippen LogP contribution is -2.36. The normalized spacial score (nSPS) is 21.0. The van der Waals surface area contributed by atoms with Crippen LogP contribution in [0.1, 0.15) is 41.6 Å². The van der Waals surface area contributed by atoms with E-state index in [0.29, 0.717) is 11.4 Å². The number of fused-ring (bicyclic) bond motifs is 1. The van der Waals surface area contributed by atoms with E-state index in [1.165, 1.54) is 5.56 Å². The molecule has 2 unspecified atom stereocenters. The molecule has 3 heterocycles. The summed E-state index contributed by atoms with van der Waals surface area (Å²) in [6.07, 6.45) is 3.13. The van der Waals surface area contributed by atoms with Crippen molar-refractivity contribution in [1.82, 2.24) is 15.3 Å². The zero-order valence-electron chi connectivity index (χ0n) is 13.3. The van der Waals surface area contributed by atoms with E-state index < -0.39 is 0 Å². The molecule has 1 amide bonds. The predicted molar refractivity (Wildman–Crippen MR) is 95.1 cm³/mol. The third kappa shape index (κ3) is 2.67. The number of H-pyrrole nitrogens is 1. The van der Waals surface area contributed by atoms with Crippen LogP contribution in [0.4, 0.5) is 0 Å². The van der Waals surface area contributed by atoms with Gasteiger partial charge in [0.15, 0.2) is 0 Å². The minimum Gasteiger partial charge on any atom is -0.349 e. The van der Waals surface area contributed by atoms with Gasteiger partial charge in [0.25, 0.3) is 0 Å². The Morgan fingerprint density at radius 3 is 2.88 bits per heavy atom. The van der Waals surface area contributed by atoms with Crippen LogP contribution >= 0.6 is 11.6 Å². The molecule has 0 spiro atoms. The second-order valence-corrected chi connectivity index (χ2v) is 6.80. The molecule has 2 aromatic heterocycles. The monoisotopic (exact) mass is 339 g/mol. The molecule has 2 N–H and O–H groups in total. The summed E-state index contributed by atoms with van der Waals surface area (Å²) in [6, 6.07) is 11.8. The van der Waals surface area contributed by atoms with Gasteiger partial charge in [0.1, 0.15) is 5.65 Å². The molecule has 4 rings (SSSR count). The van der Waals surface area contributed by atoms with Gasteiger partial charge in [-0.05, 0) is 48.6 Å². The van der Waals surface area contributed by atoms with Crippen molar-refractivity contribution in [2.24, 2.45) is 0 Å². The number of aromatic nitrogens is 2. The van der Waals surface area contributed by atoms with Crippen LogP contribution in [0, 0.1) is 6.92 Å². The Morgan fingerprint density at radius 1 is 1.21 bits per heavy atom. The van der Waals surface area contributed by atoms with Gasteiger partial charge < -0.3 is 10.3 Å². The molecule has 1 fully saturated rings. The summed E-state index contributed by atoms with van der Waals surface area (Å²) in [5.74, 6) is 0.217. The number of amides is 1. The third-order valence-corrected chi connectivity index (χ3v) is 5.05. The first-order valence-corrected chi connectivity index (χ1v) is 8.47. The highest BCUT2D eigenvalue weighted by Crippen LogP contribution is 2.39. The molecule has 1 aliphatic rings. The van der Waals surface area contributed by atoms with Crippen molar-refractivity contribution >= 4 is 28.5 Å². The summed E-state index contributed by atoms with van der Waals surface area (Å²) in [5.41, 5.74) is 4.11. The van der Waals surface area contributed by atoms with Gasteiger partial charge in [0.05, 0.1) is 6.04 Å². The number of carbonyl (C=O) groups excluding carboxylic acids is 1. The van der Waals surface area contributed by atoms with Gasteiger partial charge in [-0.2, -0.15) is 0 Å². The standard InChI is InChI=1S/C19H18ClN3O/c1-11-8-15-13(6-7-21-19(15)22-11)12-9-17(23-18(24)10-12)14-4-2-3-5-16(14)20/h2-8,12,17H,9-10H2,1H3,(H,21,22)(H,23,24). The number of nitrogens with one attached hydrogen (secondary N) is 2. The van der Waals surface area contributed by atoms with Crippen LogP contribution in [0.5, 0.6) is 0 Å². The number of rotatable bonds is 2. The van der Waals surface area contributed by atoms with Gasteiger partial charge in [-0.1, -0.05) is 29.8 Å². The van der Waals surface area contributed by atoms with Crippen molar-refractivity contribution in [3.05, 3.63) is 64.4 Å². The first-order chi connectivity index (χ1) is 11.6. The van der Waals surface area contributed by atoms with Gasteiger partial charge in [0, 0.05) is 28.7 Å². The number of nitrogens with zero attached hydrogens (tertiary/aromatic N) is 1. The van der Waals surface area contributed by atoms with Crippen molar-refractivity contribution in [1.29, 1.82) is 0 Å². The molecule has 1 aliphatic heterocycles. The summed E-state index contributed by atoms with van der Waals surface area (Å²) in [6.45, 7) is 2.02. The summed E-state index contributed by atoms with van der Waals surface area (Å²) < 4.78 is 0. The number of piperidine rings is 1. The summed E-state index contributed by atoms with van der Waals surface area (Å²) >= 11 is 6.33. The molecule has 2 atom stereocenters. The zero-order valence-corrected chi connectivity index (χ0v) is 14.1. The SMILES string of the molecule is Cc1cc2c(C3CC(=O)NC(c4ccccc4Cl)C3)ccnc2[nH]1. The zero-order chi connectivity index (χ0) is 16.7. The topological polar surface area (TPSA) is 57.8 Å². The number of aromatic amines is 1. The maximum absolute atomic E-state index is 12.3. The van der Waals surface area contributed by atoms with Crippen LogP contribution < -0.4 is 5.32 Å². The van der Waals surface area contributed by atoms with Gasteiger partial charge in [-0.15, -0.1) is 0 Å². The van der Waals surface area contributed by atoms with E-state index in [-0.39, 0.29) is 17.9 Å². The average Bonchev–Trinajstić information content (AvgIpc) is 2.94. The van der Waals surface area contributed by atoms with Crippen molar-refractivity contribution in [3.63, 3.8) is 0 Å². The Bertz CT molecular complexity index is 918. The predicted octanol–water partition coefficient (Wildman–Crippen LogP) is 4.26. The average molecular weight is 340 g/mol. The first-order valence-electron chi connectivity index (χ1n) is 8.10. The third-order valence-electron chi connectivity index (χ3n) is 4.71. The largest absolute Gasteiger partial charge is 0.349 e. The van der Waals surface area contributed by atoms with E-state index in [0.717, 1.165) is 28.7 Å². The second-order valence-electron chi connectivity index (χ2n) is 6.39. The molecule has 0 radical (unpaired) electrons. The van der Waals surface area contributed by atoms with E-state index in [1.807, 2.05) is 43.5 Å². The summed E-state index contributed by atoms with van der Waals surface area (Å²) in [5, 5.41) is 4.88. The van der Waals surface area contributed by atoms with Crippen molar-refractivity contribution in [2.75, 3.05) is 0 Å². The number of benzene rings is 1. The van der Waals surface area contributed by atoms with Gasteiger partial charge >= 0.3 is 0 Å². The Morgan fingerprint density at radius 2 is 2.04 bits per heavy atom. The number of aryl methyl sites for hydroxylation is 1. The molecule has 0 bridgehead atoms. The molecule has 0 saturated carbocycles. The first kappa shape index (κ1) is 15.2. The molecule has 24 heavy (non-hydrogen) atoms. The fourth-order valence-electron chi connectivity index (χ4n) is 3.64. The molecule has 1 saturated heterocycles. The van der Waals surface area contributed by atoms with Gasteiger partial charge in [0.2, 0.25) is 5.91 Å². The maximum Gasteiger partial charge on any atom is 0.221 e. The highest BCUT2D eigenvalue weighted by molar-refractivity contribution is 6.31. The van der Waals surface area contributed by atoms with E-state index in [1.54, 1.807) is 0 Å². The van der Waals surface area contributed by atoms with Crippen LogP contribution in [0.15, 0.2) is 42.6 Å². The van der Waals surface area contributed by atoms with E-state index in [2.05, 4.69) is 21.4 Å². The smallest absolute Gasteiger partial charge is 0.221 e. The van der Waals surface area contributed by atoms with Crippen LogP contribution in [-0.4, -0.2) is 15.9 Å². The Labute approximate surface area is 145 Å². The van der Waals surface area contributed by atoms with Gasteiger partial charge in [-0.3, -0.25) is 4.79 Å². The number of halogens is 1. The number of hydrogen-bond acceptors (Lipinski definition) is 2. The van der Waals surface area contributed by atoms with Crippen molar-refractivity contribution in [3.8, 4) is 0 Å². The number of pyridine rings is 1. The second kappa shape index (κ2) is 5.95. The molecule has 5 heteroatoms. The lowest BCUT2D eigenvalue weighted by Gasteiger charge is -2.31. The van der Waals surface area contributed by atoms with Crippen LogP contribution in [-0.2, 0) is 4.79 Å². The molecule has 4 nitrogen and oxygen atoms in total. The molecule has 0 aliphatic carbocycles. The molecule has 122 valence electrons. The Hall–Kier alpha value is -2.33. The lowest BCUT2D eigenvalue weighted by atomic mass is 9.83. The highest BCUT2D eigenvalue weighted by Gasteiger charge is 2.30. The van der Waals surface area contributed by atoms with E-state index >= 15 is 0 Å². The van der Waals surface area contributed by atoms with Gasteiger partial charge in [-0.25, -0.2) is 4.98 Å². The number of hydrogen-bond donors (Lipinski definition) is 2. The molecular weight excluding hydrogens is 322 g/mol. The molecule has 1 aromatic carbocycles. The number of carbonyl (C=O) groups is 1. The van der Waals surface area contributed by atoms with Crippen LogP contribution in [0.25, 0.3) is 11.0 Å². The highest BCUT2D eigenvalue weighted by atomic mass is 35.5. The minimum atomic E-state index is -0.0618. The van der Waals surface area contributed by atoms with Crippen molar-refractivity contribution < 1.29 is 4.79 Å². The Kier molecular flexibility index (Phi) is 3.77. The Balaban J connectivity index is 1.73. The fourth-order valence-corrected chi connectivity index (χ4v) is 3.91. The van der Waals surface area contributed by atoms with Crippen molar-refractivity contribution in [2.45, 2.75) is 31.7 Å². The van der Waals surface area contributed by atoms with E-state index in [4.69, 9.17) is 11.6 Å². The summed E-state index contributed by atoms with van der Waals surface area (Å²) in [4.78, 5) is 20.0. The van der Waals surface area contributed by atoms with Crippen LogP contribution in [0.3, 0.4) is 0 Å². The van der Waals surface area contributed by atoms with Crippen LogP contribution in [0.2, 0.25) is 5.02 Å². The fraction of sp³-hybridized carbons (Fsp3) is 0.263. The molecule has 3 aromatic rings. The maximum atomic E-state index is 12.3. The van der Waals surface area contributed by atoms with E-state index in [9.17, 15) is 4.79 Å². The lowest BCUT2D eigenvalue weighted by molar-refractivity contribution is -0.123.